The lowest BCUT2D eigenvalue weighted by Gasteiger charge is -2.16. The van der Waals surface area contributed by atoms with Crippen LogP contribution in [0.4, 0.5) is 5.82 Å². The molecule has 0 atom stereocenters. The fourth-order valence-corrected chi connectivity index (χ4v) is 1.72. The summed E-state index contributed by atoms with van der Waals surface area (Å²) in [7, 11) is 0. The van der Waals surface area contributed by atoms with Gasteiger partial charge in [0.2, 0.25) is 0 Å². The second kappa shape index (κ2) is 2.73. The Morgan fingerprint density at radius 2 is 2.43 bits per heavy atom. The molecule has 5 heteroatoms. The molecule has 2 heterocycles. The SMILES string of the molecule is [2H]C([2H])([2H])c1c(Cl)nc(=O)n2c1NC(C)(C)C2. The Labute approximate surface area is 91.1 Å². The van der Waals surface area contributed by atoms with Gasteiger partial charge < -0.3 is 5.32 Å². The van der Waals surface area contributed by atoms with Crippen LogP contribution in [0.3, 0.4) is 0 Å². The number of nitrogens with one attached hydrogen (secondary N) is 1. The molecule has 2 rings (SSSR count). The number of fused-ring (bicyclic) bond motifs is 1. The van der Waals surface area contributed by atoms with Crippen molar-refractivity contribution in [2.45, 2.75) is 32.8 Å². The number of aromatic nitrogens is 2. The van der Waals surface area contributed by atoms with Gasteiger partial charge in [-0.15, -0.1) is 0 Å². The van der Waals surface area contributed by atoms with Crippen molar-refractivity contribution >= 4 is 17.4 Å². The number of hydrogen-bond donors (Lipinski definition) is 1. The Bertz CT molecular complexity index is 536. The molecule has 0 saturated heterocycles. The van der Waals surface area contributed by atoms with E-state index in [0.29, 0.717) is 6.54 Å². The highest BCUT2D eigenvalue weighted by Gasteiger charge is 2.30. The van der Waals surface area contributed by atoms with E-state index in [4.69, 9.17) is 15.7 Å². The van der Waals surface area contributed by atoms with E-state index in [9.17, 15) is 4.79 Å². The topological polar surface area (TPSA) is 46.9 Å². The molecule has 1 aromatic heterocycles. The average Bonchev–Trinajstić information content (AvgIpc) is 2.37. The molecule has 0 bridgehead atoms. The molecule has 1 aromatic rings. The van der Waals surface area contributed by atoms with Crippen LogP contribution in [0.1, 0.15) is 23.5 Å². The quantitative estimate of drug-likeness (QED) is 0.667. The molecule has 0 saturated carbocycles. The van der Waals surface area contributed by atoms with Gasteiger partial charge >= 0.3 is 5.69 Å². The van der Waals surface area contributed by atoms with Crippen molar-refractivity contribution in [1.29, 1.82) is 0 Å². The summed E-state index contributed by atoms with van der Waals surface area (Å²) < 4.78 is 23.6. The summed E-state index contributed by atoms with van der Waals surface area (Å²) in [6.45, 7) is 1.71. The third kappa shape index (κ3) is 1.30. The molecule has 0 fully saturated rings. The van der Waals surface area contributed by atoms with E-state index in [2.05, 4.69) is 10.3 Å². The summed E-state index contributed by atoms with van der Waals surface area (Å²) in [6, 6.07) is 0. The Kier molecular flexibility index (Phi) is 1.26. The molecule has 76 valence electrons. The molecule has 4 nitrogen and oxygen atoms in total. The van der Waals surface area contributed by atoms with E-state index in [-0.39, 0.29) is 16.5 Å². The van der Waals surface area contributed by atoms with E-state index in [0.717, 1.165) is 0 Å². The van der Waals surface area contributed by atoms with Crippen LogP contribution in [0.25, 0.3) is 0 Å². The maximum atomic E-state index is 11.6. The van der Waals surface area contributed by atoms with Crippen LogP contribution < -0.4 is 11.0 Å². The average molecular weight is 217 g/mol. The predicted molar refractivity (Wildman–Crippen MR) is 55.9 cm³/mol. The summed E-state index contributed by atoms with van der Waals surface area (Å²) in [5.41, 5.74) is -1.01. The smallest absolute Gasteiger partial charge is 0.350 e. The van der Waals surface area contributed by atoms with Crippen LogP contribution in [-0.4, -0.2) is 15.1 Å². The number of halogens is 1. The molecular weight excluding hydrogens is 202 g/mol. The van der Waals surface area contributed by atoms with Crippen molar-refractivity contribution < 1.29 is 4.11 Å². The second-order valence-electron chi connectivity index (χ2n) is 4.00. The Morgan fingerprint density at radius 1 is 1.71 bits per heavy atom. The normalized spacial score (nSPS) is 21.8. The van der Waals surface area contributed by atoms with Gasteiger partial charge in [0.05, 0.1) is 12.1 Å². The first-order valence-electron chi connectivity index (χ1n) is 5.71. The number of rotatable bonds is 0. The van der Waals surface area contributed by atoms with Gasteiger partial charge in [0.25, 0.3) is 0 Å². The van der Waals surface area contributed by atoms with Crippen molar-refractivity contribution in [2.24, 2.45) is 0 Å². The highest BCUT2D eigenvalue weighted by atomic mass is 35.5. The molecule has 0 spiro atoms. The first kappa shape index (κ1) is 6.45. The molecule has 1 aliphatic rings. The zero-order valence-corrected chi connectivity index (χ0v) is 8.64. The van der Waals surface area contributed by atoms with Crippen LogP contribution in [0, 0.1) is 6.85 Å². The van der Waals surface area contributed by atoms with Crippen molar-refractivity contribution in [1.82, 2.24) is 9.55 Å². The van der Waals surface area contributed by atoms with E-state index in [1.165, 1.54) is 4.57 Å². The monoisotopic (exact) mass is 216 g/mol. The summed E-state index contributed by atoms with van der Waals surface area (Å²) in [5.74, 6) is 0.250. The molecule has 1 aliphatic heterocycles. The van der Waals surface area contributed by atoms with Gasteiger partial charge in [0.15, 0.2) is 0 Å². The van der Waals surface area contributed by atoms with Crippen LogP contribution >= 0.6 is 11.6 Å². The standard InChI is InChI=1S/C9H12ClN3O/c1-5-6(10)11-8(14)13-4-9(2,3)12-7(5)13/h12H,4H2,1-3H3/i1D3. The van der Waals surface area contributed by atoms with Gasteiger partial charge in [-0.2, -0.15) is 4.98 Å². The molecule has 0 radical (unpaired) electrons. The Morgan fingerprint density at radius 3 is 3.07 bits per heavy atom. The van der Waals surface area contributed by atoms with Gasteiger partial charge in [-0.25, -0.2) is 4.79 Å². The highest BCUT2D eigenvalue weighted by molar-refractivity contribution is 6.30. The predicted octanol–water partition coefficient (Wildman–Crippen LogP) is 1.41. The third-order valence-electron chi connectivity index (χ3n) is 2.15. The van der Waals surface area contributed by atoms with Crippen molar-refractivity contribution in [3.8, 4) is 0 Å². The minimum absolute atomic E-state index is 0.0932. The van der Waals surface area contributed by atoms with Gasteiger partial charge in [-0.3, -0.25) is 4.57 Å². The maximum Gasteiger partial charge on any atom is 0.350 e. The summed E-state index contributed by atoms with van der Waals surface area (Å²) in [6.07, 6.45) is 0. The van der Waals surface area contributed by atoms with E-state index >= 15 is 0 Å². The lowest BCUT2D eigenvalue weighted by Crippen LogP contribution is -2.30. The number of anilines is 1. The first-order valence-corrected chi connectivity index (χ1v) is 4.59. The van der Waals surface area contributed by atoms with E-state index < -0.39 is 18.1 Å². The molecule has 0 aliphatic carbocycles. The van der Waals surface area contributed by atoms with Gasteiger partial charge in [0.1, 0.15) is 11.0 Å². The van der Waals surface area contributed by atoms with E-state index in [1.807, 2.05) is 13.8 Å². The summed E-state index contributed by atoms with van der Waals surface area (Å²) >= 11 is 5.77. The summed E-state index contributed by atoms with van der Waals surface area (Å²) in [5, 5.41) is 2.75. The Balaban J connectivity index is 2.74. The van der Waals surface area contributed by atoms with Gasteiger partial charge in [0, 0.05) is 9.68 Å². The lowest BCUT2D eigenvalue weighted by molar-refractivity contribution is 0.513. The van der Waals surface area contributed by atoms with Crippen molar-refractivity contribution in [3.63, 3.8) is 0 Å². The number of hydrogen-bond acceptors (Lipinski definition) is 3. The Hall–Kier alpha value is -1.03. The first-order chi connectivity index (χ1) is 7.62. The fourth-order valence-electron chi connectivity index (χ4n) is 1.56. The maximum absolute atomic E-state index is 11.6. The molecule has 1 N–H and O–H groups in total. The molecule has 14 heavy (non-hydrogen) atoms. The fraction of sp³-hybridized carbons (Fsp3) is 0.556. The van der Waals surface area contributed by atoms with Crippen molar-refractivity contribution in [2.75, 3.05) is 5.32 Å². The minimum atomic E-state index is -2.40. The molecule has 0 unspecified atom stereocenters. The van der Waals surface area contributed by atoms with Gasteiger partial charge in [-0.05, 0) is 20.7 Å². The molecular formula is C9H12ClN3O. The minimum Gasteiger partial charge on any atom is -0.364 e. The molecule has 0 aromatic carbocycles. The van der Waals surface area contributed by atoms with Crippen LogP contribution in [0.5, 0.6) is 0 Å². The number of nitrogens with zero attached hydrogens (tertiary/aromatic N) is 2. The van der Waals surface area contributed by atoms with Crippen molar-refractivity contribution in [3.05, 3.63) is 21.2 Å². The highest BCUT2D eigenvalue weighted by Crippen LogP contribution is 2.29. The lowest BCUT2D eigenvalue weighted by atomic mass is 10.1. The van der Waals surface area contributed by atoms with Crippen LogP contribution in [-0.2, 0) is 6.54 Å². The van der Waals surface area contributed by atoms with Crippen LogP contribution in [0.15, 0.2) is 4.79 Å². The third-order valence-corrected chi connectivity index (χ3v) is 2.42. The zero-order valence-electron chi connectivity index (χ0n) is 10.9. The van der Waals surface area contributed by atoms with Gasteiger partial charge in [-0.1, -0.05) is 11.6 Å². The molecule has 0 amide bonds. The van der Waals surface area contributed by atoms with E-state index in [1.54, 1.807) is 0 Å². The second-order valence-corrected chi connectivity index (χ2v) is 4.36. The van der Waals surface area contributed by atoms with Crippen LogP contribution in [0.2, 0.25) is 5.15 Å². The zero-order chi connectivity index (χ0) is 13.0. The summed E-state index contributed by atoms with van der Waals surface area (Å²) in [4.78, 5) is 15.2. The largest absolute Gasteiger partial charge is 0.364 e.